The maximum atomic E-state index is 6.07. The van der Waals surface area contributed by atoms with Crippen LogP contribution in [0.4, 0.5) is 5.82 Å². The fourth-order valence-electron chi connectivity index (χ4n) is 1.94. The van der Waals surface area contributed by atoms with Crippen LogP contribution in [0.25, 0.3) is 11.0 Å². The predicted molar refractivity (Wildman–Crippen MR) is 86.9 cm³/mol. The van der Waals surface area contributed by atoms with Crippen molar-refractivity contribution < 1.29 is 0 Å². The molecule has 0 aliphatic carbocycles. The highest BCUT2D eigenvalue weighted by Crippen LogP contribution is 2.16. The van der Waals surface area contributed by atoms with E-state index in [1.807, 2.05) is 55.5 Å². The van der Waals surface area contributed by atoms with Crippen LogP contribution < -0.4 is 5.43 Å². The Bertz CT molecular complexity index is 814. The highest BCUT2D eigenvalue weighted by Gasteiger charge is 2.03. The summed E-state index contributed by atoms with van der Waals surface area (Å²) in [5.74, 6) is 0.636. The molecule has 3 rings (SSSR count). The molecule has 0 aliphatic rings. The molecule has 104 valence electrons. The molecule has 0 bridgehead atoms. The lowest BCUT2D eigenvalue weighted by Gasteiger charge is -2.05. The van der Waals surface area contributed by atoms with E-state index in [9.17, 15) is 0 Å². The van der Waals surface area contributed by atoms with Crippen LogP contribution in [0.3, 0.4) is 0 Å². The van der Waals surface area contributed by atoms with Crippen LogP contribution in [-0.2, 0) is 0 Å². The first-order valence-electron chi connectivity index (χ1n) is 6.51. The van der Waals surface area contributed by atoms with Gasteiger partial charge in [0.1, 0.15) is 0 Å². The Hall–Kier alpha value is -2.46. The second-order valence-corrected chi connectivity index (χ2v) is 4.95. The standard InChI is InChI=1S/C16H13ClN4/c1-11-16(20-15-9-5-4-8-14(15)19-11)21-18-10-12-6-2-3-7-13(12)17/h2-10H,1H3,(H,20,21)/b18-10+. The first kappa shape index (κ1) is 13.5. The SMILES string of the molecule is Cc1nc2ccccc2nc1N/N=C/c1ccccc1Cl. The highest BCUT2D eigenvalue weighted by molar-refractivity contribution is 6.33. The molecule has 0 atom stereocenters. The van der Waals surface area contributed by atoms with E-state index < -0.39 is 0 Å². The minimum atomic E-state index is 0.636. The topological polar surface area (TPSA) is 50.2 Å². The maximum Gasteiger partial charge on any atom is 0.168 e. The van der Waals surface area contributed by atoms with Gasteiger partial charge in [0.25, 0.3) is 0 Å². The number of anilines is 1. The average Bonchev–Trinajstić information content (AvgIpc) is 2.49. The highest BCUT2D eigenvalue weighted by atomic mass is 35.5. The monoisotopic (exact) mass is 296 g/mol. The smallest absolute Gasteiger partial charge is 0.168 e. The summed E-state index contributed by atoms with van der Waals surface area (Å²) in [6, 6.07) is 15.2. The quantitative estimate of drug-likeness (QED) is 0.586. The van der Waals surface area contributed by atoms with Gasteiger partial charge < -0.3 is 0 Å². The summed E-state index contributed by atoms with van der Waals surface area (Å²) < 4.78 is 0. The summed E-state index contributed by atoms with van der Waals surface area (Å²) in [6.07, 6.45) is 1.67. The molecule has 3 aromatic rings. The normalized spacial score (nSPS) is 11.1. The van der Waals surface area contributed by atoms with Gasteiger partial charge in [0.15, 0.2) is 5.82 Å². The fourth-order valence-corrected chi connectivity index (χ4v) is 2.12. The van der Waals surface area contributed by atoms with Crippen LogP contribution in [-0.4, -0.2) is 16.2 Å². The number of halogens is 1. The third kappa shape index (κ3) is 3.01. The molecule has 4 nitrogen and oxygen atoms in total. The zero-order valence-corrected chi connectivity index (χ0v) is 12.2. The van der Waals surface area contributed by atoms with Crippen LogP contribution in [0.1, 0.15) is 11.3 Å². The summed E-state index contributed by atoms with van der Waals surface area (Å²) in [4.78, 5) is 9.00. The molecule has 0 unspecified atom stereocenters. The average molecular weight is 297 g/mol. The van der Waals surface area contributed by atoms with Gasteiger partial charge in [-0.2, -0.15) is 5.10 Å². The minimum Gasteiger partial charge on any atom is -0.260 e. The molecule has 0 fully saturated rings. The summed E-state index contributed by atoms with van der Waals surface area (Å²) in [5, 5.41) is 4.84. The van der Waals surface area contributed by atoms with Crippen LogP contribution in [0, 0.1) is 6.92 Å². The number of para-hydroxylation sites is 2. The van der Waals surface area contributed by atoms with Crippen molar-refractivity contribution in [2.24, 2.45) is 5.10 Å². The number of aryl methyl sites for hydroxylation is 1. The van der Waals surface area contributed by atoms with Crippen molar-refractivity contribution in [3.05, 3.63) is 64.8 Å². The van der Waals surface area contributed by atoms with Gasteiger partial charge >= 0.3 is 0 Å². The summed E-state index contributed by atoms with van der Waals surface area (Å²) in [6.45, 7) is 1.90. The molecule has 0 aliphatic heterocycles. The fraction of sp³-hybridized carbons (Fsp3) is 0.0625. The predicted octanol–water partition coefficient (Wildman–Crippen LogP) is 4.04. The van der Waals surface area contributed by atoms with Crippen LogP contribution in [0.5, 0.6) is 0 Å². The number of hydrazone groups is 1. The maximum absolute atomic E-state index is 6.07. The second-order valence-electron chi connectivity index (χ2n) is 4.54. The lowest BCUT2D eigenvalue weighted by molar-refractivity contribution is 1.15. The van der Waals surface area contributed by atoms with Gasteiger partial charge in [0, 0.05) is 10.6 Å². The Morgan fingerprint density at radius 2 is 1.67 bits per heavy atom. The van der Waals surface area contributed by atoms with Gasteiger partial charge in [-0.3, -0.25) is 5.43 Å². The van der Waals surface area contributed by atoms with Gasteiger partial charge in [0.05, 0.1) is 22.9 Å². The molecule has 0 amide bonds. The second kappa shape index (κ2) is 5.89. The van der Waals surface area contributed by atoms with Crippen molar-refractivity contribution in [2.45, 2.75) is 6.92 Å². The summed E-state index contributed by atoms with van der Waals surface area (Å²) in [5.41, 5.74) is 6.26. The Labute approximate surface area is 127 Å². The van der Waals surface area contributed by atoms with E-state index in [0.29, 0.717) is 10.8 Å². The van der Waals surface area contributed by atoms with Crippen molar-refractivity contribution in [2.75, 3.05) is 5.43 Å². The largest absolute Gasteiger partial charge is 0.260 e. The first-order chi connectivity index (χ1) is 10.2. The van der Waals surface area contributed by atoms with Crippen molar-refractivity contribution in [3.63, 3.8) is 0 Å². The number of hydrogen-bond acceptors (Lipinski definition) is 4. The molecule has 1 aromatic heterocycles. The van der Waals surface area contributed by atoms with Gasteiger partial charge in [-0.25, -0.2) is 9.97 Å². The molecule has 0 saturated carbocycles. The number of benzene rings is 2. The lowest BCUT2D eigenvalue weighted by atomic mass is 10.2. The van der Waals surface area contributed by atoms with Gasteiger partial charge in [-0.05, 0) is 25.1 Å². The molecule has 1 heterocycles. The molecule has 0 saturated heterocycles. The van der Waals surface area contributed by atoms with Crippen LogP contribution >= 0.6 is 11.6 Å². The van der Waals surface area contributed by atoms with Gasteiger partial charge in [-0.15, -0.1) is 0 Å². The molecule has 0 spiro atoms. The van der Waals surface area contributed by atoms with Crippen LogP contribution in [0.15, 0.2) is 53.6 Å². The number of nitrogens with zero attached hydrogens (tertiary/aromatic N) is 3. The molecular weight excluding hydrogens is 284 g/mol. The Balaban J connectivity index is 1.85. The zero-order valence-electron chi connectivity index (χ0n) is 11.4. The molecule has 21 heavy (non-hydrogen) atoms. The molecule has 5 heteroatoms. The Morgan fingerprint density at radius 3 is 2.43 bits per heavy atom. The molecule has 0 radical (unpaired) electrons. The van der Waals surface area contributed by atoms with E-state index in [2.05, 4.69) is 20.5 Å². The molecular formula is C16H13ClN4. The third-order valence-corrected chi connectivity index (χ3v) is 3.37. The lowest BCUT2D eigenvalue weighted by Crippen LogP contribution is -1.99. The Morgan fingerprint density at radius 1 is 1.00 bits per heavy atom. The van der Waals surface area contributed by atoms with Crippen molar-refractivity contribution in [1.82, 2.24) is 9.97 Å². The number of hydrogen-bond donors (Lipinski definition) is 1. The number of rotatable bonds is 3. The first-order valence-corrected chi connectivity index (χ1v) is 6.89. The van der Waals surface area contributed by atoms with E-state index in [4.69, 9.17) is 11.6 Å². The third-order valence-electron chi connectivity index (χ3n) is 3.02. The Kier molecular flexibility index (Phi) is 3.79. The van der Waals surface area contributed by atoms with Crippen molar-refractivity contribution in [3.8, 4) is 0 Å². The zero-order chi connectivity index (χ0) is 14.7. The van der Waals surface area contributed by atoms with E-state index in [-0.39, 0.29) is 0 Å². The van der Waals surface area contributed by atoms with Crippen LogP contribution in [0.2, 0.25) is 5.02 Å². The van der Waals surface area contributed by atoms with E-state index in [1.165, 1.54) is 0 Å². The number of aromatic nitrogens is 2. The number of nitrogens with one attached hydrogen (secondary N) is 1. The van der Waals surface area contributed by atoms with E-state index in [1.54, 1.807) is 6.21 Å². The van der Waals surface area contributed by atoms with Gasteiger partial charge in [-0.1, -0.05) is 41.9 Å². The molecule has 1 N–H and O–H groups in total. The summed E-state index contributed by atoms with van der Waals surface area (Å²) in [7, 11) is 0. The van der Waals surface area contributed by atoms with Crippen molar-refractivity contribution >= 4 is 34.7 Å². The van der Waals surface area contributed by atoms with Gasteiger partial charge in [0.2, 0.25) is 0 Å². The number of fused-ring (bicyclic) bond motifs is 1. The summed E-state index contributed by atoms with van der Waals surface area (Å²) >= 11 is 6.07. The van der Waals surface area contributed by atoms with Crippen molar-refractivity contribution in [1.29, 1.82) is 0 Å². The molecule has 2 aromatic carbocycles. The minimum absolute atomic E-state index is 0.636. The van der Waals surface area contributed by atoms with E-state index in [0.717, 1.165) is 22.3 Å². The van der Waals surface area contributed by atoms with E-state index >= 15 is 0 Å².